The van der Waals surface area contributed by atoms with E-state index in [-0.39, 0.29) is 0 Å². The lowest BCUT2D eigenvalue weighted by atomic mass is 9.99. The first-order valence-electron chi connectivity index (χ1n) is 19.0. The summed E-state index contributed by atoms with van der Waals surface area (Å²) in [5.74, 6) is 0.698. The van der Waals surface area contributed by atoms with Gasteiger partial charge < -0.3 is 9.13 Å². The van der Waals surface area contributed by atoms with Crippen LogP contribution in [0.1, 0.15) is 0 Å². The number of benzene rings is 8. The Balaban J connectivity index is 1.16. The topological polar surface area (TPSA) is 35.6 Å². The molecule has 11 aromatic rings. The second-order valence-corrected chi connectivity index (χ2v) is 14.2. The molecule has 3 heterocycles. The standard InChI is InChI=1S/C52H34N4/c1-5-16-35(17-6-1)45-34-46(36-18-7-2-8-19-36)54-52(53-45)42-25-15-27-50-51(42)44-33-38(29-31-49(44)56(50)40-22-11-4-12-23-40)37-28-30-48-43(32-37)41-24-13-14-26-47(41)55(48)39-20-9-3-10-21-39/h1-34H. The first kappa shape index (κ1) is 31.9. The maximum atomic E-state index is 5.29. The van der Waals surface area contributed by atoms with Crippen LogP contribution in [0.2, 0.25) is 0 Å². The van der Waals surface area contributed by atoms with E-state index < -0.39 is 0 Å². The summed E-state index contributed by atoms with van der Waals surface area (Å²) in [6.45, 7) is 0. The van der Waals surface area contributed by atoms with Crippen molar-refractivity contribution in [1.29, 1.82) is 0 Å². The molecule has 4 nitrogen and oxygen atoms in total. The number of hydrogen-bond donors (Lipinski definition) is 0. The highest BCUT2D eigenvalue weighted by atomic mass is 15.0. The van der Waals surface area contributed by atoms with Gasteiger partial charge in [0.1, 0.15) is 0 Å². The largest absolute Gasteiger partial charge is 0.309 e. The van der Waals surface area contributed by atoms with Crippen LogP contribution in [0.15, 0.2) is 206 Å². The summed E-state index contributed by atoms with van der Waals surface area (Å²) in [4.78, 5) is 10.6. The van der Waals surface area contributed by atoms with Gasteiger partial charge in [0.2, 0.25) is 0 Å². The van der Waals surface area contributed by atoms with E-state index in [1.807, 2.05) is 12.1 Å². The van der Waals surface area contributed by atoms with E-state index in [2.05, 4.69) is 203 Å². The average Bonchev–Trinajstić information content (AvgIpc) is 3.80. The highest BCUT2D eigenvalue weighted by Gasteiger charge is 2.20. The van der Waals surface area contributed by atoms with Gasteiger partial charge >= 0.3 is 0 Å². The van der Waals surface area contributed by atoms with Crippen LogP contribution in [0, 0.1) is 0 Å². The van der Waals surface area contributed by atoms with Crippen molar-refractivity contribution in [3.63, 3.8) is 0 Å². The molecule has 3 aromatic heterocycles. The van der Waals surface area contributed by atoms with E-state index in [0.717, 1.165) is 66.8 Å². The minimum atomic E-state index is 0.698. The first-order chi connectivity index (χ1) is 27.8. The number of fused-ring (bicyclic) bond motifs is 6. The van der Waals surface area contributed by atoms with E-state index >= 15 is 0 Å². The minimum Gasteiger partial charge on any atom is -0.309 e. The normalized spacial score (nSPS) is 11.6. The highest BCUT2D eigenvalue weighted by Crippen LogP contribution is 2.41. The number of rotatable bonds is 6. The van der Waals surface area contributed by atoms with E-state index in [9.17, 15) is 0 Å². The van der Waals surface area contributed by atoms with Crippen molar-refractivity contribution in [2.24, 2.45) is 0 Å². The fourth-order valence-electron chi connectivity index (χ4n) is 8.38. The lowest BCUT2D eigenvalue weighted by Gasteiger charge is -2.11. The van der Waals surface area contributed by atoms with Crippen LogP contribution < -0.4 is 0 Å². The van der Waals surface area contributed by atoms with Gasteiger partial charge in [-0.2, -0.15) is 0 Å². The van der Waals surface area contributed by atoms with Gasteiger partial charge in [0.15, 0.2) is 5.82 Å². The fourth-order valence-corrected chi connectivity index (χ4v) is 8.38. The molecule has 0 N–H and O–H groups in total. The van der Waals surface area contributed by atoms with Gasteiger partial charge in [-0.25, -0.2) is 9.97 Å². The summed E-state index contributed by atoms with van der Waals surface area (Å²) < 4.78 is 4.73. The lowest BCUT2D eigenvalue weighted by Crippen LogP contribution is -1.97. The molecular formula is C52H34N4. The molecule has 0 aliphatic heterocycles. The van der Waals surface area contributed by atoms with Crippen LogP contribution in [0.5, 0.6) is 0 Å². The van der Waals surface area contributed by atoms with Crippen LogP contribution in [-0.2, 0) is 0 Å². The molecule has 0 saturated carbocycles. The predicted octanol–water partition coefficient (Wildman–Crippen LogP) is 13.3. The van der Waals surface area contributed by atoms with Gasteiger partial charge in [-0.1, -0.05) is 140 Å². The van der Waals surface area contributed by atoms with Gasteiger partial charge in [0.25, 0.3) is 0 Å². The summed E-state index contributed by atoms with van der Waals surface area (Å²) >= 11 is 0. The molecule has 4 heteroatoms. The van der Waals surface area contributed by atoms with Crippen LogP contribution in [0.4, 0.5) is 0 Å². The molecule has 0 saturated heterocycles. The monoisotopic (exact) mass is 714 g/mol. The van der Waals surface area contributed by atoms with E-state index in [1.54, 1.807) is 0 Å². The van der Waals surface area contributed by atoms with Gasteiger partial charge in [-0.15, -0.1) is 0 Å². The van der Waals surface area contributed by atoms with Crippen molar-refractivity contribution >= 4 is 43.6 Å². The summed E-state index contributed by atoms with van der Waals surface area (Å²) in [6, 6.07) is 73.1. The molecule has 0 atom stereocenters. The Morgan fingerprint density at radius 1 is 0.304 bits per heavy atom. The molecule has 0 aliphatic rings. The highest BCUT2D eigenvalue weighted by molar-refractivity contribution is 6.16. The van der Waals surface area contributed by atoms with Crippen LogP contribution in [0.25, 0.3) is 100 Å². The van der Waals surface area contributed by atoms with Crippen molar-refractivity contribution in [1.82, 2.24) is 19.1 Å². The molecule has 56 heavy (non-hydrogen) atoms. The number of hydrogen-bond acceptors (Lipinski definition) is 2. The number of nitrogens with zero attached hydrogens (tertiary/aromatic N) is 4. The quantitative estimate of drug-likeness (QED) is 0.172. The Bertz CT molecular complexity index is 3160. The molecule has 0 radical (unpaired) electrons. The van der Waals surface area contributed by atoms with Gasteiger partial charge in [0, 0.05) is 49.6 Å². The predicted molar refractivity (Wildman–Crippen MR) is 232 cm³/mol. The molecule has 0 fully saturated rings. The Morgan fingerprint density at radius 3 is 1.38 bits per heavy atom. The Morgan fingerprint density at radius 2 is 0.768 bits per heavy atom. The van der Waals surface area contributed by atoms with Gasteiger partial charge in [0.05, 0.1) is 33.5 Å². The van der Waals surface area contributed by atoms with Gasteiger partial charge in [-0.05, 0) is 77.9 Å². The van der Waals surface area contributed by atoms with E-state index in [4.69, 9.17) is 9.97 Å². The zero-order chi connectivity index (χ0) is 37.0. The third-order valence-electron chi connectivity index (χ3n) is 10.9. The molecule has 0 bridgehead atoms. The molecule has 0 unspecified atom stereocenters. The third kappa shape index (κ3) is 5.23. The maximum absolute atomic E-state index is 5.29. The van der Waals surface area contributed by atoms with E-state index in [1.165, 1.54) is 27.4 Å². The molecule has 0 aliphatic carbocycles. The first-order valence-corrected chi connectivity index (χ1v) is 19.0. The van der Waals surface area contributed by atoms with Crippen molar-refractivity contribution in [3.05, 3.63) is 206 Å². The summed E-state index contributed by atoms with van der Waals surface area (Å²) in [6.07, 6.45) is 0. The zero-order valence-corrected chi connectivity index (χ0v) is 30.4. The fraction of sp³-hybridized carbons (Fsp3) is 0. The van der Waals surface area contributed by atoms with Gasteiger partial charge in [-0.3, -0.25) is 0 Å². The summed E-state index contributed by atoms with van der Waals surface area (Å²) in [5.41, 5.74) is 14.1. The third-order valence-corrected chi connectivity index (χ3v) is 10.9. The van der Waals surface area contributed by atoms with Crippen molar-refractivity contribution in [2.75, 3.05) is 0 Å². The van der Waals surface area contributed by atoms with Crippen LogP contribution in [0.3, 0.4) is 0 Å². The number of para-hydroxylation sites is 3. The van der Waals surface area contributed by atoms with Crippen molar-refractivity contribution in [3.8, 4) is 56.4 Å². The second-order valence-electron chi connectivity index (χ2n) is 14.2. The Labute approximate surface area is 324 Å². The minimum absolute atomic E-state index is 0.698. The zero-order valence-electron chi connectivity index (χ0n) is 30.4. The average molecular weight is 715 g/mol. The smallest absolute Gasteiger partial charge is 0.161 e. The molecule has 262 valence electrons. The van der Waals surface area contributed by atoms with E-state index in [0.29, 0.717) is 5.82 Å². The second kappa shape index (κ2) is 13.1. The molecule has 0 spiro atoms. The van der Waals surface area contributed by atoms with Crippen LogP contribution in [-0.4, -0.2) is 19.1 Å². The van der Waals surface area contributed by atoms with Crippen molar-refractivity contribution in [2.45, 2.75) is 0 Å². The SMILES string of the molecule is c1ccc(-c2cc(-c3ccccc3)nc(-c3cccc4c3c3cc(-c5ccc6c(c5)c5ccccc5n6-c5ccccc5)ccc3n4-c3ccccc3)n2)cc1. The molecule has 8 aromatic carbocycles. The number of aromatic nitrogens is 4. The molecular weight excluding hydrogens is 681 g/mol. The summed E-state index contributed by atoms with van der Waals surface area (Å²) in [5, 5.41) is 4.74. The molecule has 0 amide bonds. The Kier molecular flexibility index (Phi) is 7.46. The van der Waals surface area contributed by atoms with Crippen LogP contribution >= 0.6 is 0 Å². The Hall–Kier alpha value is -7.56. The maximum Gasteiger partial charge on any atom is 0.161 e. The molecule has 11 rings (SSSR count). The summed E-state index contributed by atoms with van der Waals surface area (Å²) in [7, 11) is 0. The van der Waals surface area contributed by atoms with Crippen molar-refractivity contribution < 1.29 is 0 Å². The lowest BCUT2D eigenvalue weighted by molar-refractivity contribution is 1.17.